The molecule has 3 aromatic carbocycles. The number of thiophene rings is 1. The van der Waals surface area contributed by atoms with Crippen LogP contribution in [0.4, 0.5) is 5.69 Å². The molecule has 4 nitrogen and oxygen atoms in total. The molecule has 5 heteroatoms. The van der Waals surface area contributed by atoms with Crippen molar-refractivity contribution in [3.8, 4) is 32.4 Å². The number of hydrogen-bond acceptors (Lipinski definition) is 4. The Hall–Kier alpha value is -3.57. The second-order valence-corrected chi connectivity index (χ2v) is 9.75. The molecule has 1 aromatic heterocycles. The molecule has 2 aliphatic rings. The lowest BCUT2D eigenvalue weighted by Gasteiger charge is -2.17. The molecule has 164 valence electrons. The van der Waals surface area contributed by atoms with Gasteiger partial charge >= 0.3 is 0 Å². The van der Waals surface area contributed by atoms with Gasteiger partial charge in [-0.3, -0.25) is 4.79 Å². The summed E-state index contributed by atoms with van der Waals surface area (Å²) < 4.78 is 10.9. The molecule has 0 radical (unpaired) electrons. The van der Waals surface area contributed by atoms with Gasteiger partial charge in [0.05, 0.1) is 5.41 Å². The standard InChI is InChI=1S/C28H23NO3S/c1-18-7-9-21(16-22(18)26-12-11-25(33-26)19-5-3-2-4-6-19)29-27(30)28(13-14-28)20-8-10-23-24(15-20)32-17-31-23/h2-12,15-16H,13-14,17H2,1H3,(H,29,30). The average molecular weight is 454 g/mol. The van der Waals surface area contributed by atoms with E-state index in [2.05, 4.69) is 60.8 Å². The first-order chi connectivity index (χ1) is 16.1. The van der Waals surface area contributed by atoms with Crippen LogP contribution in [0.2, 0.25) is 0 Å². The predicted octanol–water partition coefficient (Wildman–Crippen LogP) is 6.79. The Morgan fingerprint density at radius 2 is 1.67 bits per heavy atom. The van der Waals surface area contributed by atoms with Gasteiger partial charge in [0.25, 0.3) is 0 Å². The first-order valence-corrected chi connectivity index (χ1v) is 11.9. The van der Waals surface area contributed by atoms with E-state index in [1.807, 2.05) is 30.3 Å². The maximum absolute atomic E-state index is 13.3. The summed E-state index contributed by atoms with van der Waals surface area (Å²) in [6.45, 7) is 2.34. The van der Waals surface area contributed by atoms with Crippen LogP contribution in [0, 0.1) is 6.92 Å². The van der Waals surface area contributed by atoms with E-state index in [1.54, 1.807) is 11.3 Å². The number of ether oxygens (including phenoxy) is 2. The second-order valence-electron chi connectivity index (χ2n) is 8.66. The van der Waals surface area contributed by atoms with E-state index in [0.717, 1.165) is 41.2 Å². The van der Waals surface area contributed by atoms with Crippen LogP contribution in [0.25, 0.3) is 20.9 Å². The van der Waals surface area contributed by atoms with Crippen LogP contribution in [0.5, 0.6) is 11.5 Å². The zero-order valence-corrected chi connectivity index (χ0v) is 19.1. The van der Waals surface area contributed by atoms with Gasteiger partial charge in [-0.1, -0.05) is 42.5 Å². The summed E-state index contributed by atoms with van der Waals surface area (Å²) in [5, 5.41) is 3.18. The van der Waals surface area contributed by atoms with Gasteiger partial charge in [-0.15, -0.1) is 11.3 Å². The minimum Gasteiger partial charge on any atom is -0.454 e. The summed E-state index contributed by atoms with van der Waals surface area (Å²) >= 11 is 1.77. The third-order valence-electron chi connectivity index (χ3n) is 6.54. The maximum Gasteiger partial charge on any atom is 0.235 e. The summed E-state index contributed by atoms with van der Waals surface area (Å²) in [7, 11) is 0. The van der Waals surface area contributed by atoms with E-state index in [9.17, 15) is 4.79 Å². The van der Waals surface area contributed by atoms with Crippen LogP contribution in [0.1, 0.15) is 24.0 Å². The molecule has 0 atom stereocenters. The highest BCUT2D eigenvalue weighted by Crippen LogP contribution is 2.51. The highest BCUT2D eigenvalue weighted by Gasteiger charge is 2.51. The molecule has 1 aliphatic heterocycles. The molecular weight excluding hydrogens is 430 g/mol. The SMILES string of the molecule is Cc1ccc(NC(=O)C2(c3ccc4c(c3)OCO4)CC2)cc1-c1ccc(-c2ccccc2)s1. The predicted molar refractivity (Wildman–Crippen MR) is 132 cm³/mol. The normalized spacial score (nSPS) is 15.3. The minimum absolute atomic E-state index is 0.0346. The zero-order valence-electron chi connectivity index (χ0n) is 18.3. The van der Waals surface area contributed by atoms with Crippen LogP contribution in [0.3, 0.4) is 0 Å². The molecule has 33 heavy (non-hydrogen) atoms. The van der Waals surface area contributed by atoms with Crippen molar-refractivity contribution in [1.82, 2.24) is 0 Å². The topological polar surface area (TPSA) is 47.6 Å². The Morgan fingerprint density at radius 1 is 0.879 bits per heavy atom. The second kappa shape index (κ2) is 7.78. The molecule has 0 spiro atoms. The zero-order chi connectivity index (χ0) is 22.4. The summed E-state index contributed by atoms with van der Waals surface area (Å²) in [4.78, 5) is 15.8. The number of nitrogens with one attached hydrogen (secondary N) is 1. The van der Waals surface area contributed by atoms with Crippen molar-refractivity contribution in [1.29, 1.82) is 0 Å². The molecule has 6 rings (SSSR count). The third kappa shape index (κ3) is 3.58. The molecule has 2 heterocycles. The quantitative estimate of drug-likeness (QED) is 0.362. The van der Waals surface area contributed by atoms with Gasteiger partial charge in [-0.25, -0.2) is 0 Å². The molecule has 1 saturated carbocycles. The number of amides is 1. The molecular formula is C28H23NO3S. The molecule has 0 unspecified atom stereocenters. The first kappa shape index (κ1) is 20.1. The Morgan fingerprint density at radius 3 is 2.48 bits per heavy atom. The van der Waals surface area contributed by atoms with Crippen LogP contribution in [-0.4, -0.2) is 12.7 Å². The maximum atomic E-state index is 13.3. The number of rotatable bonds is 5. The molecule has 1 aliphatic carbocycles. The van der Waals surface area contributed by atoms with E-state index in [4.69, 9.17) is 9.47 Å². The molecule has 0 saturated heterocycles. The smallest absolute Gasteiger partial charge is 0.235 e. The van der Waals surface area contributed by atoms with E-state index >= 15 is 0 Å². The Labute approximate surface area is 196 Å². The van der Waals surface area contributed by atoms with Gasteiger partial charge < -0.3 is 14.8 Å². The number of benzene rings is 3. The molecule has 1 fully saturated rings. The van der Waals surface area contributed by atoms with Crippen LogP contribution in [-0.2, 0) is 10.2 Å². The average Bonchev–Trinajstić information content (AvgIpc) is 3.28. The lowest BCUT2D eigenvalue weighted by Crippen LogP contribution is -2.27. The fraction of sp³-hybridized carbons (Fsp3) is 0.179. The Bertz CT molecular complexity index is 1350. The van der Waals surface area contributed by atoms with Crippen LogP contribution >= 0.6 is 11.3 Å². The fourth-order valence-electron chi connectivity index (χ4n) is 4.42. The number of carbonyl (C=O) groups excluding carboxylic acids is 1. The monoisotopic (exact) mass is 453 g/mol. The van der Waals surface area contributed by atoms with Gasteiger partial charge in [-0.2, -0.15) is 0 Å². The van der Waals surface area contributed by atoms with Crippen molar-refractivity contribution in [3.63, 3.8) is 0 Å². The molecule has 1 amide bonds. The van der Waals surface area contributed by atoms with E-state index in [1.165, 1.54) is 20.9 Å². The molecule has 4 aromatic rings. The highest BCUT2D eigenvalue weighted by molar-refractivity contribution is 7.18. The van der Waals surface area contributed by atoms with Gasteiger partial charge in [0.15, 0.2) is 11.5 Å². The Kier molecular flexibility index (Phi) is 4.73. The van der Waals surface area contributed by atoms with Gasteiger partial charge in [0.1, 0.15) is 0 Å². The highest BCUT2D eigenvalue weighted by atomic mass is 32.1. The van der Waals surface area contributed by atoms with E-state index < -0.39 is 5.41 Å². The summed E-state index contributed by atoms with van der Waals surface area (Å²) in [5.74, 6) is 1.49. The first-order valence-electron chi connectivity index (χ1n) is 11.1. The van der Waals surface area contributed by atoms with Crippen LogP contribution in [0.15, 0.2) is 78.9 Å². The van der Waals surface area contributed by atoms with Crippen molar-refractivity contribution in [2.24, 2.45) is 0 Å². The lowest BCUT2D eigenvalue weighted by atomic mass is 9.94. The van der Waals surface area contributed by atoms with Crippen molar-refractivity contribution in [2.45, 2.75) is 25.2 Å². The Balaban J connectivity index is 1.26. The lowest BCUT2D eigenvalue weighted by molar-refractivity contribution is -0.118. The number of hydrogen-bond donors (Lipinski definition) is 1. The largest absolute Gasteiger partial charge is 0.454 e. The summed E-state index contributed by atoms with van der Waals surface area (Å²) in [6, 6.07) is 26.7. The van der Waals surface area contributed by atoms with Gasteiger partial charge in [0, 0.05) is 15.4 Å². The number of aryl methyl sites for hydroxylation is 1. The fourth-order valence-corrected chi connectivity index (χ4v) is 5.52. The minimum atomic E-state index is -0.491. The van der Waals surface area contributed by atoms with Crippen molar-refractivity contribution in [3.05, 3.63) is 90.0 Å². The number of fused-ring (bicyclic) bond motifs is 1. The van der Waals surface area contributed by atoms with Crippen LogP contribution < -0.4 is 14.8 Å². The number of carbonyl (C=O) groups is 1. The molecule has 0 bridgehead atoms. The van der Waals surface area contributed by atoms with Gasteiger partial charge in [-0.05, 0) is 78.4 Å². The van der Waals surface area contributed by atoms with E-state index in [-0.39, 0.29) is 12.7 Å². The van der Waals surface area contributed by atoms with E-state index in [0.29, 0.717) is 0 Å². The summed E-state index contributed by atoms with van der Waals surface area (Å²) in [6.07, 6.45) is 1.67. The van der Waals surface area contributed by atoms with Crippen molar-refractivity contribution < 1.29 is 14.3 Å². The summed E-state index contributed by atoms with van der Waals surface area (Å²) in [5.41, 5.74) is 4.87. The third-order valence-corrected chi connectivity index (χ3v) is 7.70. The van der Waals surface area contributed by atoms with Gasteiger partial charge in [0.2, 0.25) is 12.7 Å². The molecule has 1 N–H and O–H groups in total. The number of anilines is 1. The van der Waals surface area contributed by atoms with Crippen molar-refractivity contribution in [2.75, 3.05) is 12.1 Å². The van der Waals surface area contributed by atoms with Crippen molar-refractivity contribution >= 4 is 22.9 Å².